The summed E-state index contributed by atoms with van der Waals surface area (Å²) < 4.78 is 43.1. The van der Waals surface area contributed by atoms with E-state index in [0.717, 1.165) is 12.3 Å². The van der Waals surface area contributed by atoms with Gasteiger partial charge in [-0.3, -0.25) is 4.79 Å². The van der Waals surface area contributed by atoms with Crippen molar-refractivity contribution in [1.29, 1.82) is 5.26 Å². The van der Waals surface area contributed by atoms with Crippen molar-refractivity contribution < 1.29 is 27.5 Å². The molecule has 27 heavy (non-hydrogen) atoms. The van der Waals surface area contributed by atoms with E-state index in [-0.39, 0.29) is 31.0 Å². The Hall–Kier alpha value is -2.93. The summed E-state index contributed by atoms with van der Waals surface area (Å²) in [6, 6.07) is 4.47. The van der Waals surface area contributed by atoms with Crippen molar-refractivity contribution in [2.75, 3.05) is 25.0 Å². The number of carbonyl (C=O) groups excluding carboxylic acids is 2. The number of nitriles is 1. The zero-order valence-electron chi connectivity index (χ0n) is 14.1. The molecule has 0 saturated heterocycles. The topological polar surface area (TPSA) is 103 Å². The van der Waals surface area contributed by atoms with Gasteiger partial charge in [0.05, 0.1) is 17.2 Å². The number of amides is 2. The molecule has 11 heteroatoms. The van der Waals surface area contributed by atoms with E-state index in [1.807, 2.05) is 0 Å². The third-order valence-electron chi connectivity index (χ3n) is 2.96. The third-order valence-corrected chi connectivity index (χ3v) is 3.28. The molecule has 0 fully saturated rings. The van der Waals surface area contributed by atoms with Crippen LogP contribution in [-0.2, 0) is 15.7 Å². The Balaban J connectivity index is 2.66. The first-order chi connectivity index (χ1) is 12.7. The van der Waals surface area contributed by atoms with Gasteiger partial charge in [-0.25, -0.2) is 4.79 Å². The van der Waals surface area contributed by atoms with Gasteiger partial charge in [-0.2, -0.15) is 18.4 Å². The van der Waals surface area contributed by atoms with Crippen LogP contribution >= 0.6 is 11.6 Å². The molecule has 0 spiro atoms. The molecule has 0 heterocycles. The fraction of sp³-hybridized carbons (Fsp3) is 0.312. The number of carbonyl (C=O) groups is 2. The van der Waals surface area contributed by atoms with Crippen LogP contribution in [0, 0.1) is 11.3 Å². The van der Waals surface area contributed by atoms with Gasteiger partial charge in [0.25, 0.3) is 5.91 Å². The number of nitrogens with zero attached hydrogens (tertiary/aromatic N) is 1. The molecule has 0 unspecified atom stereocenters. The minimum absolute atomic E-state index is 0.165. The number of halogens is 4. The van der Waals surface area contributed by atoms with E-state index >= 15 is 0 Å². The zero-order valence-corrected chi connectivity index (χ0v) is 14.9. The second-order valence-corrected chi connectivity index (χ2v) is 5.32. The smallest absolute Gasteiger partial charge is 0.417 e. The first-order valence-electron chi connectivity index (χ1n) is 7.61. The number of alkyl halides is 3. The predicted octanol–water partition coefficient (Wildman–Crippen LogP) is 3.04. The zero-order chi connectivity index (χ0) is 20.4. The van der Waals surface area contributed by atoms with Crippen LogP contribution in [0.3, 0.4) is 0 Å². The Morgan fingerprint density at radius 2 is 2.04 bits per heavy atom. The highest BCUT2D eigenvalue weighted by Gasteiger charge is 2.33. The lowest BCUT2D eigenvalue weighted by Crippen LogP contribution is -2.31. The number of benzene rings is 1. The van der Waals surface area contributed by atoms with Gasteiger partial charge in [0, 0.05) is 25.0 Å². The summed E-state index contributed by atoms with van der Waals surface area (Å²) in [6.07, 6.45) is -4.20. The standard InChI is InChI=1S/C16H16ClF3N4O3/c1-2-27-15(26)23-6-5-22-9-10(8-21)14(25)24-11-3-4-13(17)12(7-11)16(18,19)20/h3-4,7,9,22H,2,5-6H2,1H3,(H,23,26)(H,24,25)/b10-9-. The highest BCUT2D eigenvalue weighted by molar-refractivity contribution is 6.31. The van der Waals surface area contributed by atoms with Gasteiger partial charge >= 0.3 is 12.3 Å². The number of nitrogens with one attached hydrogen (secondary N) is 3. The summed E-state index contributed by atoms with van der Waals surface area (Å²) in [5.74, 6) is -0.904. The van der Waals surface area contributed by atoms with Gasteiger partial charge in [0.1, 0.15) is 11.6 Å². The Kier molecular flexibility index (Phi) is 8.41. The second-order valence-electron chi connectivity index (χ2n) is 4.92. The molecular formula is C16H16ClF3N4O3. The molecule has 0 aliphatic heterocycles. The number of ether oxygens (including phenoxy) is 1. The number of anilines is 1. The van der Waals surface area contributed by atoms with Gasteiger partial charge < -0.3 is 20.7 Å². The largest absolute Gasteiger partial charge is 0.450 e. The number of hydrogen-bond acceptors (Lipinski definition) is 5. The molecule has 0 radical (unpaired) electrons. The first kappa shape index (κ1) is 22.1. The predicted molar refractivity (Wildman–Crippen MR) is 91.8 cm³/mol. The van der Waals surface area contributed by atoms with Crippen molar-refractivity contribution in [3.05, 3.63) is 40.6 Å². The molecular weight excluding hydrogens is 389 g/mol. The van der Waals surface area contributed by atoms with Crippen molar-refractivity contribution in [1.82, 2.24) is 10.6 Å². The molecule has 1 aromatic rings. The Morgan fingerprint density at radius 1 is 1.33 bits per heavy atom. The van der Waals surface area contributed by atoms with Crippen molar-refractivity contribution in [2.24, 2.45) is 0 Å². The van der Waals surface area contributed by atoms with Crippen LogP contribution in [0.4, 0.5) is 23.7 Å². The van der Waals surface area contributed by atoms with E-state index < -0.39 is 28.8 Å². The molecule has 0 atom stereocenters. The van der Waals surface area contributed by atoms with Gasteiger partial charge in [0.15, 0.2) is 0 Å². The van der Waals surface area contributed by atoms with Gasteiger partial charge in [-0.15, -0.1) is 0 Å². The van der Waals surface area contributed by atoms with E-state index in [1.54, 1.807) is 13.0 Å². The number of hydrogen-bond donors (Lipinski definition) is 3. The maximum atomic E-state index is 12.8. The highest BCUT2D eigenvalue weighted by Crippen LogP contribution is 2.36. The third kappa shape index (κ3) is 7.45. The van der Waals surface area contributed by atoms with E-state index in [1.165, 1.54) is 6.07 Å². The van der Waals surface area contributed by atoms with Crippen molar-refractivity contribution in [3.8, 4) is 6.07 Å². The Bertz CT molecular complexity index is 760. The fourth-order valence-corrected chi connectivity index (χ4v) is 1.99. The quantitative estimate of drug-likeness (QED) is 0.368. The first-order valence-corrected chi connectivity index (χ1v) is 7.99. The molecule has 2 amide bonds. The molecule has 0 bridgehead atoms. The fourth-order valence-electron chi connectivity index (χ4n) is 1.76. The van der Waals surface area contributed by atoms with Crippen molar-refractivity contribution in [3.63, 3.8) is 0 Å². The molecule has 146 valence electrons. The number of alkyl carbamates (subject to hydrolysis) is 1. The van der Waals surface area contributed by atoms with Gasteiger partial charge in [0.2, 0.25) is 0 Å². The SMILES string of the molecule is CCOC(=O)NCCN/C=C(/C#N)C(=O)Nc1ccc(Cl)c(C(F)(F)F)c1. The highest BCUT2D eigenvalue weighted by atomic mass is 35.5. The van der Waals surface area contributed by atoms with Crippen LogP contribution in [0.15, 0.2) is 30.0 Å². The molecule has 3 N–H and O–H groups in total. The average molecular weight is 405 g/mol. The Morgan fingerprint density at radius 3 is 2.63 bits per heavy atom. The summed E-state index contributed by atoms with van der Waals surface area (Å²) in [6.45, 7) is 2.23. The molecule has 0 aliphatic carbocycles. The lowest BCUT2D eigenvalue weighted by Gasteiger charge is -2.11. The van der Waals surface area contributed by atoms with Crippen LogP contribution in [0.1, 0.15) is 12.5 Å². The molecule has 0 aromatic heterocycles. The van der Waals surface area contributed by atoms with Crippen molar-refractivity contribution in [2.45, 2.75) is 13.1 Å². The maximum absolute atomic E-state index is 12.8. The van der Waals surface area contributed by atoms with Gasteiger partial charge in [-0.1, -0.05) is 11.6 Å². The van der Waals surface area contributed by atoms with E-state index in [0.29, 0.717) is 6.07 Å². The van der Waals surface area contributed by atoms with E-state index in [2.05, 4.69) is 20.7 Å². The van der Waals surface area contributed by atoms with Crippen LogP contribution < -0.4 is 16.0 Å². The average Bonchev–Trinajstić information content (AvgIpc) is 2.59. The molecule has 0 saturated carbocycles. The maximum Gasteiger partial charge on any atom is 0.417 e. The Labute approximate surface area is 158 Å². The van der Waals surface area contributed by atoms with Crippen LogP contribution in [0.2, 0.25) is 5.02 Å². The van der Waals surface area contributed by atoms with E-state index in [9.17, 15) is 22.8 Å². The minimum Gasteiger partial charge on any atom is -0.450 e. The summed E-state index contributed by atoms with van der Waals surface area (Å²) in [4.78, 5) is 23.0. The molecule has 1 rings (SSSR count). The number of rotatable bonds is 7. The molecule has 0 aliphatic rings. The van der Waals surface area contributed by atoms with E-state index in [4.69, 9.17) is 16.9 Å². The normalized spacial score (nSPS) is 11.3. The van der Waals surface area contributed by atoms with Crippen LogP contribution in [-0.4, -0.2) is 31.7 Å². The molecule has 7 nitrogen and oxygen atoms in total. The monoisotopic (exact) mass is 404 g/mol. The summed E-state index contributed by atoms with van der Waals surface area (Å²) >= 11 is 5.50. The molecule has 1 aromatic carbocycles. The summed E-state index contributed by atoms with van der Waals surface area (Å²) in [5.41, 5.74) is -1.64. The van der Waals surface area contributed by atoms with Crippen LogP contribution in [0.25, 0.3) is 0 Å². The van der Waals surface area contributed by atoms with Crippen LogP contribution in [0.5, 0.6) is 0 Å². The lowest BCUT2D eigenvalue weighted by molar-refractivity contribution is -0.137. The summed E-state index contributed by atoms with van der Waals surface area (Å²) in [7, 11) is 0. The van der Waals surface area contributed by atoms with Crippen molar-refractivity contribution >= 4 is 29.3 Å². The second kappa shape index (κ2) is 10.3. The lowest BCUT2D eigenvalue weighted by atomic mass is 10.2. The minimum atomic E-state index is -4.68. The van der Waals surface area contributed by atoms with Gasteiger partial charge in [-0.05, 0) is 25.1 Å². The summed E-state index contributed by atoms with van der Waals surface area (Å²) in [5, 5.41) is 15.7.